The third kappa shape index (κ3) is 5.81. The van der Waals surface area contributed by atoms with Gasteiger partial charge in [-0.15, -0.1) is 0 Å². The van der Waals surface area contributed by atoms with Gasteiger partial charge >= 0.3 is 0 Å². The van der Waals surface area contributed by atoms with Crippen molar-refractivity contribution >= 4 is 39.0 Å². The summed E-state index contributed by atoms with van der Waals surface area (Å²) >= 11 is 0. The molecule has 0 N–H and O–H groups in total. The van der Waals surface area contributed by atoms with Gasteiger partial charge in [0.05, 0.1) is 0 Å². The van der Waals surface area contributed by atoms with Crippen LogP contribution in [0.15, 0.2) is 144 Å². The van der Waals surface area contributed by atoms with Crippen molar-refractivity contribution in [2.75, 3.05) is 4.90 Å². The van der Waals surface area contributed by atoms with Crippen LogP contribution in [0.25, 0.3) is 55.3 Å². The van der Waals surface area contributed by atoms with E-state index in [1.54, 1.807) is 0 Å². The van der Waals surface area contributed by atoms with Crippen molar-refractivity contribution in [1.82, 2.24) is 0 Å². The van der Waals surface area contributed by atoms with Crippen LogP contribution in [0.4, 0.5) is 17.1 Å². The van der Waals surface area contributed by atoms with E-state index in [1.165, 1.54) is 121 Å². The molecule has 2 nitrogen and oxygen atoms in total. The monoisotopic (exact) mass is 795 g/mol. The van der Waals surface area contributed by atoms with Crippen molar-refractivity contribution in [2.45, 2.75) is 109 Å². The minimum atomic E-state index is -0.107. The number of nitrogens with zero attached hydrogens (tertiary/aromatic N) is 1. The summed E-state index contributed by atoms with van der Waals surface area (Å²) in [7, 11) is 0. The van der Waals surface area contributed by atoms with Gasteiger partial charge in [0.15, 0.2) is 0 Å². The molecular formula is C59H57NO. The minimum Gasteiger partial charge on any atom is -0.456 e. The summed E-state index contributed by atoms with van der Waals surface area (Å²) in [5.74, 6) is 0. The van der Waals surface area contributed by atoms with Crippen molar-refractivity contribution in [3.63, 3.8) is 0 Å². The number of furan rings is 1. The summed E-state index contributed by atoms with van der Waals surface area (Å²) in [6, 6.07) is 53.5. The van der Waals surface area contributed by atoms with Gasteiger partial charge in [0.1, 0.15) is 11.2 Å². The summed E-state index contributed by atoms with van der Waals surface area (Å²) < 4.78 is 6.72. The Morgan fingerprint density at radius 2 is 1.08 bits per heavy atom. The fourth-order valence-corrected chi connectivity index (χ4v) is 11.4. The van der Waals surface area contributed by atoms with Crippen LogP contribution in [0.5, 0.6) is 0 Å². The van der Waals surface area contributed by atoms with Gasteiger partial charge in [0.25, 0.3) is 0 Å². The van der Waals surface area contributed by atoms with Gasteiger partial charge in [-0.1, -0.05) is 160 Å². The Labute approximate surface area is 362 Å². The maximum Gasteiger partial charge on any atom is 0.139 e. The van der Waals surface area contributed by atoms with E-state index in [1.807, 2.05) is 0 Å². The Morgan fingerprint density at radius 3 is 1.79 bits per heavy atom. The normalized spacial score (nSPS) is 16.1. The zero-order valence-corrected chi connectivity index (χ0v) is 37.2. The van der Waals surface area contributed by atoms with Crippen molar-refractivity contribution < 1.29 is 4.42 Å². The fourth-order valence-electron chi connectivity index (χ4n) is 11.4. The van der Waals surface area contributed by atoms with Crippen LogP contribution in [0.2, 0.25) is 0 Å². The zero-order chi connectivity index (χ0) is 42.1. The fraction of sp³-hybridized carbons (Fsp3) is 0.288. The van der Waals surface area contributed by atoms with Crippen LogP contribution >= 0.6 is 0 Å². The highest BCUT2D eigenvalue weighted by atomic mass is 16.3. The molecule has 0 saturated heterocycles. The summed E-state index contributed by atoms with van der Waals surface area (Å²) in [6.45, 7) is 18.6. The van der Waals surface area contributed by atoms with Gasteiger partial charge in [-0.05, 0) is 139 Å². The van der Waals surface area contributed by atoms with Crippen molar-refractivity contribution in [1.29, 1.82) is 0 Å². The SMILES string of the molecule is CC(C)(C)c1cc(C(C)(C)C)c2oc3ccc(-c4cccc(N(c5ccc6c(c5)C(C)(C)c5ccccc5-6)c5ccc6c(c5)C5(CCCCC5)c5ccccc5-6)c4)cc3c2c1. The lowest BCUT2D eigenvalue weighted by Crippen LogP contribution is -2.28. The Kier molecular flexibility index (Phi) is 8.32. The lowest BCUT2D eigenvalue weighted by atomic mass is 9.68. The number of hydrogen-bond donors (Lipinski definition) is 0. The molecule has 0 atom stereocenters. The highest BCUT2D eigenvalue weighted by molar-refractivity contribution is 6.08. The first-order chi connectivity index (χ1) is 29.2. The van der Waals surface area contributed by atoms with Gasteiger partial charge in [-0.3, -0.25) is 0 Å². The van der Waals surface area contributed by atoms with Crippen molar-refractivity contribution in [3.05, 3.63) is 173 Å². The largest absolute Gasteiger partial charge is 0.456 e. The summed E-state index contributed by atoms with van der Waals surface area (Å²) in [4.78, 5) is 2.53. The quantitative estimate of drug-likeness (QED) is 0.176. The maximum atomic E-state index is 6.72. The van der Waals surface area contributed by atoms with E-state index in [0.29, 0.717) is 0 Å². The standard InChI is InChI=1S/C59H57NO/c1-56(2,3)39-33-48-47-32-38(23-28-54(47)61-55(48)53(34-39)57(4,5)6)37-17-16-18-40(31-37)60(41-24-26-45-43-19-10-12-21-49(43)58(7,8)51(45)35-41)42-25-27-46-44-20-11-13-22-50(44)59(52(46)36-42)29-14-9-15-30-59/h10-13,16-28,31-36H,9,14-15,29-30H2,1-8H3. The third-order valence-electron chi connectivity index (χ3n) is 14.7. The molecule has 1 heterocycles. The minimum absolute atomic E-state index is 0.0136. The van der Waals surface area contributed by atoms with E-state index in [0.717, 1.165) is 16.9 Å². The topological polar surface area (TPSA) is 16.4 Å². The molecule has 1 aromatic heterocycles. The second-order valence-corrected chi connectivity index (χ2v) is 20.9. The van der Waals surface area contributed by atoms with Crippen LogP contribution in [-0.2, 0) is 21.7 Å². The number of rotatable bonds is 4. The first-order valence-corrected chi connectivity index (χ1v) is 22.6. The smallest absolute Gasteiger partial charge is 0.139 e. The zero-order valence-electron chi connectivity index (χ0n) is 37.2. The van der Waals surface area contributed by atoms with Gasteiger partial charge < -0.3 is 9.32 Å². The molecule has 0 unspecified atom stereocenters. The molecule has 304 valence electrons. The van der Waals surface area contributed by atoms with E-state index >= 15 is 0 Å². The van der Waals surface area contributed by atoms with Crippen LogP contribution in [-0.4, -0.2) is 0 Å². The molecule has 0 bridgehead atoms. The molecule has 7 aromatic carbocycles. The molecule has 1 saturated carbocycles. The molecule has 1 spiro atoms. The molecule has 0 amide bonds. The second-order valence-electron chi connectivity index (χ2n) is 20.9. The van der Waals surface area contributed by atoms with E-state index in [-0.39, 0.29) is 21.7 Å². The Bertz CT molecular complexity index is 3060. The van der Waals surface area contributed by atoms with Gasteiger partial charge in [-0.25, -0.2) is 0 Å². The van der Waals surface area contributed by atoms with Gasteiger partial charge in [-0.2, -0.15) is 0 Å². The van der Waals surface area contributed by atoms with E-state index in [2.05, 4.69) is 200 Å². The first kappa shape index (κ1) is 38.1. The molecule has 61 heavy (non-hydrogen) atoms. The van der Waals surface area contributed by atoms with Crippen molar-refractivity contribution in [2.24, 2.45) is 0 Å². The van der Waals surface area contributed by atoms with E-state index in [9.17, 15) is 0 Å². The van der Waals surface area contributed by atoms with E-state index < -0.39 is 0 Å². The molecule has 0 aliphatic heterocycles. The van der Waals surface area contributed by atoms with Crippen LogP contribution in [0.3, 0.4) is 0 Å². The van der Waals surface area contributed by atoms with E-state index in [4.69, 9.17) is 4.42 Å². The molecule has 1 fully saturated rings. The average molecular weight is 796 g/mol. The molecule has 11 rings (SSSR count). The molecule has 3 aliphatic rings. The first-order valence-electron chi connectivity index (χ1n) is 22.6. The Morgan fingerprint density at radius 1 is 0.475 bits per heavy atom. The van der Waals surface area contributed by atoms with Crippen LogP contribution in [0.1, 0.15) is 121 Å². The lowest BCUT2D eigenvalue weighted by molar-refractivity contribution is 0.353. The molecule has 0 radical (unpaired) electrons. The molecule has 2 heteroatoms. The lowest BCUT2D eigenvalue weighted by Gasteiger charge is -2.36. The Hall–Kier alpha value is -5.86. The number of benzene rings is 7. The summed E-state index contributed by atoms with van der Waals surface area (Å²) in [5.41, 5.74) is 21.7. The predicted molar refractivity (Wildman–Crippen MR) is 258 cm³/mol. The van der Waals surface area contributed by atoms with Crippen LogP contribution < -0.4 is 4.90 Å². The highest BCUT2D eigenvalue weighted by Gasteiger charge is 2.44. The predicted octanol–water partition coefficient (Wildman–Crippen LogP) is 16.9. The van der Waals surface area contributed by atoms with Gasteiger partial charge in [0.2, 0.25) is 0 Å². The number of hydrogen-bond acceptors (Lipinski definition) is 2. The molecule has 8 aromatic rings. The summed E-state index contributed by atoms with van der Waals surface area (Å²) in [5, 5.41) is 2.37. The third-order valence-corrected chi connectivity index (χ3v) is 14.7. The molecular weight excluding hydrogens is 739 g/mol. The highest BCUT2D eigenvalue weighted by Crippen LogP contribution is 2.57. The second kappa shape index (κ2) is 13.3. The molecule has 3 aliphatic carbocycles. The number of fused-ring (bicyclic) bond motifs is 11. The number of anilines is 3. The Balaban J connectivity index is 1.09. The average Bonchev–Trinajstić information content (AvgIpc) is 3.83. The van der Waals surface area contributed by atoms with Crippen molar-refractivity contribution in [3.8, 4) is 33.4 Å². The maximum absolute atomic E-state index is 6.72. The van der Waals surface area contributed by atoms with Gasteiger partial charge in [0, 0.05) is 44.2 Å². The summed E-state index contributed by atoms with van der Waals surface area (Å²) in [6.07, 6.45) is 6.29. The van der Waals surface area contributed by atoms with Crippen LogP contribution in [0, 0.1) is 0 Å².